The van der Waals surface area contributed by atoms with Crippen molar-refractivity contribution in [2.24, 2.45) is 0 Å². The summed E-state index contributed by atoms with van der Waals surface area (Å²) >= 11 is 0. The van der Waals surface area contributed by atoms with Gasteiger partial charge in [-0.05, 0) is 0 Å². The van der Waals surface area contributed by atoms with Gasteiger partial charge in [-0.3, -0.25) is 0 Å². The fourth-order valence-corrected chi connectivity index (χ4v) is 0.124. The molecule has 1 N–H and O–H groups in total. The molecule has 0 aromatic heterocycles. The van der Waals surface area contributed by atoms with Crippen LogP contribution in [0, 0.1) is 0 Å². The van der Waals surface area contributed by atoms with E-state index in [2.05, 4.69) is 11.5 Å². The van der Waals surface area contributed by atoms with Crippen molar-refractivity contribution >= 4 is 6.72 Å². The summed E-state index contributed by atoms with van der Waals surface area (Å²) < 4.78 is 66.3. The molecule has 0 aliphatic heterocycles. The van der Waals surface area contributed by atoms with Gasteiger partial charge in [-0.15, -0.1) is 0 Å². The highest BCUT2D eigenvalue weighted by Gasteiger charge is 2.62. The van der Waals surface area contributed by atoms with E-state index in [1.807, 2.05) is 0 Å². The van der Waals surface area contributed by atoms with Crippen LogP contribution in [-0.2, 0) is 0 Å². The van der Waals surface area contributed by atoms with Crippen molar-refractivity contribution in [3.8, 4) is 0 Å². The molecule has 1 unspecified atom stereocenters. The highest BCUT2D eigenvalue weighted by molar-refractivity contribution is 5.12. The quantitative estimate of drug-likeness (QED) is 0.302. The molecule has 0 radical (unpaired) electrons. The molecule has 0 aromatic rings. The minimum atomic E-state index is -5.94. The normalized spacial score (nSPS) is 15.4. The number of alkyl halides is 6. The van der Waals surface area contributed by atoms with Crippen molar-refractivity contribution in [3.63, 3.8) is 0 Å². The largest absolute Gasteiger partial charge is 0.454 e. The number of hydrogen-bond donors (Lipinski definition) is 1. The summed E-state index contributed by atoms with van der Waals surface area (Å²) in [5.41, 5.74) is 7.08. The molecule has 0 rings (SSSR count). The van der Waals surface area contributed by atoms with Crippen LogP contribution in [0.1, 0.15) is 0 Å². The van der Waals surface area contributed by atoms with Gasteiger partial charge in [-0.1, -0.05) is 0 Å². The van der Waals surface area contributed by atoms with Gasteiger partial charge in [-0.2, -0.15) is 22.4 Å². The van der Waals surface area contributed by atoms with Crippen LogP contribution in [0.15, 0.2) is 0 Å². The lowest BCUT2D eigenvalue weighted by atomic mass is 10.3. The van der Waals surface area contributed by atoms with E-state index >= 15 is 0 Å². The molecule has 3 nitrogen and oxygen atoms in total. The third kappa shape index (κ3) is 4.48. The van der Waals surface area contributed by atoms with Gasteiger partial charge in [0.05, 0.1) is 0 Å². The number of hydrogen-bond acceptors (Lipinski definition) is 1. The summed E-state index contributed by atoms with van der Waals surface area (Å²) in [5.74, 6) is -5.40. The van der Waals surface area contributed by atoms with E-state index in [4.69, 9.17) is 10.6 Å². The smallest absolute Gasteiger partial charge is 0.362 e. The molecule has 0 heterocycles. The molecular weight excluding hydrogens is 206 g/mol. The van der Waals surface area contributed by atoms with Crippen molar-refractivity contribution < 1.29 is 36.2 Å². The van der Waals surface area contributed by atoms with Crippen molar-refractivity contribution in [1.29, 1.82) is 0 Å². The predicted molar refractivity (Wildman–Crippen MR) is 28.9 cm³/mol. The molecule has 78 valence electrons. The van der Waals surface area contributed by atoms with Gasteiger partial charge in [-0.25, -0.2) is 8.78 Å². The first-order valence-corrected chi connectivity index (χ1v) is 2.47. The minimum absolute atomic E-state index is 2.25. The van der Waals surface area contributed by atoms with E-state index in [-0.39, 0.29) is 0 Å². The van der Waals surface area contributed by atoms with Crippen LogP contribution in [0.3, 0.4) is 0 Å². The molecule has 0 aromatic carbocycles. The van der Waals surface area contributed by atoms with Crippen LogP contribution in [0.4, 0.5) is 26.3 Å². The third-order valence-electron chi connectivity index (χ3n) is 0.687. The zero-order valence-corrected chi connectivity index (χ0v) is 5.89. The van der Waals surface area contributed by atoms with Crippen molar-refractivity contribution in [2.45, 2.75) is 18.5 Å². The van der Waals surface area contributed by atoms with Gasteiger partial charge in [0, 0.05) is 0 Å². The number of halogens is 6. The molecule has 9 heteroatoms. The molecule has 0 saturated heterocycles. The van der Waals surface area contributed by atoms with Crippen LogP contribution in [0.2, 0.25) is 0 Å². The Morgan fingerprint density at radius 1 is 1.23 bits per heavy atom. The summed E-state index contributed by atoms with van der Waals surface area (Å²) in [4.78, 5) is 2.25. The average Bonchev–Trinajstić information content (AvgIpc) is 1.86. The molecule has 0 bridgehead atoms. The molecular formula is C4H4F6N2O. The highest BCUT2D eigenvalue weighted by Crippen LogP contribution is 2.36. The fraction of sp³-hybridized carbons (Fsp3) is 0.750. The van der Waals surface area contributed by atoms with Gasteiger partial charge < -0.3 is 10.6 Å². The Morgan fingerprint density at radius 3 is 1.46 bits per heavy atom. The number of aliphatic hydroxyl groups is 1. The standard InChI is InChI=1S/C3H2F6O.CH2N2/c4-1(5)2(6,10)3(7,8)9;1-3-2/h1,10H;1H2. The third-order valence-corrected chi connectivity index (χ3v) is 0.687. The maximum absolute atomic E-state index is 11.4. The summed E-state index contributed by atoms with van der Waals surface area (Å²) in [5, 5.41) is 7.39. The topological polar surface area (TPSA) is 56.6 Å². The number of rotatable bonds is 1. The Labute approximate surface area is 68.2 Å². The summed E-state index contributed by atoms with van der Waals surface area (Å²) in [7, 11) is 0. The summed E-state index contributed by atoms with van der Waals surface area (Å²) in [6.45, 7) is 2.67. The van der Waals surface area contributed by atoms with Crippen LogP contribution in [0.25, 0.3) is 5.53 Å². The lowest BCUT2D eigenvalue weighted by Crippen LogP contribution is -2.47. The monoisotopic (exact) mass is 210 g/mol. The minimum Gasteiger partial charge on any atom is -0.362 e. The van der Waals surface area contributed by atoms with E-state index < -0.39 is 18.5 Å². The van der Waals surface area contributed by atoms with Crippen molar-refractivity contribution in [1.82, 2.24) is 0 Å². The average molecular weight is 210 g/mol. The summed E-state index contributed by atoms with van der Waals surface area (Å²) in [6.07, 6.45) is -10.4. The Hall–Kier alpha value is -1.08. The zero-order valence-electron chi connectivity index (χ0n) is 5.89. The molecule has 0 amide bonds. The second-order valence-corrected chi connectivity index (χ2v) is 1.61. The lowest BCUT2D eigenvalue weighted by molar-refractivity contribution is -0.352. The van der Waals surface area contributed by atoms with E-state index in [1.54, 1.807) is 0 Å². The van der Waals surface area contributed by atoms with Crippen LogP contribution >= 0.6 is 0 Å². The summed E-state index contributed by atoms with van der Waals surface area (Å²) in [6, 6.07) is 0. The Kier molecular flexibility index (Phi) is 5.36. The van der Waals surface area contributed by atoms with Gasteiger partial charge in [0.1, 0.15) is 0 Å². The Balaban J connectivity index is 0. The molecule has 13 heavy (non-hydrogen) atoms. The zero-order chi connectivity index (χ0) is 11.3. The van der Waals surface area contributed by atoms with Gasteiger partial charge in [0.2, 0.25) is 6.72 Å². The lowest BCUT2D eigenvalue weighted by Gasteiger charge is -2.20. The first-order valence-electron chi connectivity index (χ1n) is 2.47. The molecule has 0 aliphatic carbocycles. The van der Waals surface area contributed by atoms with E-state index in [0.29, 0.717) is 0 Å². The SMILES string of the molecule is C=[N+]=[N-].OC(F)(C(F)F)C(F)(F)F. The van der Waals surface area contributed by atoms with Crippen molar-refractivity contribution in [3.05, 3.63) is 5.53 Å². The van der Waals surface area contributed by atoms with Gasteiger partial charge in [0.25, 0.3) is 0 Å². The van der Waals surface area contributed by atoms with Crippen LogP contribution < -0.4 is 0 Å². The predicted octanol–water partition coefficient (Wildman–Crippen LogP) is 1.39. The maximum atomic E-state index is 11.4. The van der Waals surface area contributed by atoms with Crippen molar-refractivity contribution in [2.75, 3.05) is 0 Å². The second-order valence-electron chi connectivity index (χ2n) is 1.61. The first-order chi connectivity index (χ1) is 5.61. The van der Waals surface area contributed by atoms with E-state index in [0.717, 1.165) is 0 Å². The molecule has 0 aliphatic rings. The molecule has 0 saturated carbocycles. The fourth-order valence-electron chi connectivity index (χ4n) is 0.124. The Morgan fingerprint density at radius 2 is 1.46 bits per heavy atom. The molecule has 0 fully saturated rings. The number of nitrogens with zero attached hydrogens (tertiary/aromatic N) is 2. The maximum Gasteiger partial charge on any atom is 0.454 e. The Bertz CT molecular complexity index is 182. The second kappa shape index (κ2) is 4.83. The van der Waals surface area contributed by atoms with E-state index in [9.17, 15) is 26.3 Å². The van der Waals surface area contributed by atoms with Crippen LogP contribution in [-0.4, -0.2) is 35.1 Å². The van der Waals surface area contributed by atoms with Crippen LogP contribution in [0.5, 0.6) is 0 Å². The molecule has 1 atom stereocenters. The van der Waals surface area contributed by atoms with E-state index in [1.165, 1.54) is 0 Å². The molecule has 0 spiro atoms. The van der Waals surface area contributed by atoms with Gasteiger partial charge in [0.15, 0.2) is 0 Å². The van der Waals surface area contributed by atoms with Gasteiger partial charge >= 0.3 is 18.5 Å². The first kappa shape index (κ1) is 14.4. The highest BCUT2D eigenvalue weighted by atomic mass is 19.4.